The summed E-state index contributed by atoms with van der Waals surface area (Å²) in [5.74, 6) is 0.0873. The van der Waals surface area contributed by atoms with Crippen LogP contribution in [0.3, 0.4) is 0 Å². The highest BCUT2D eigenvalue weighted by molar-refractivity contribution is 5.88. The van der Waals surface area contributed by atoms with E-state index in [-0.39, 0.29) is 17.8 Å². The Morgan fingerprint density at radius 1 is 1.47 bits per heavy atom. The Labute approximate surface area is 112 Å². The monoisotopic (exact) mass is 263 g/mol. The lowest BCUT2D eigenvalue weighted by Crippen LogP contribution is -2.44. The van der Waals surface area contributed by atoms with Crippen molar-refractivity contribution in [3.8, 4) is 0 Å². The first-order valence-electron chi connectivity index (χ1n) is 6.42. The largest absolute Gasteiger partial charge is 0.350 e. The first-order chi connectivity index (χ1) is 9.08. The Morgan fingerprint density at radius 2 is 2.16 bits per heavy atom. The second kappa shape index (κ2) is 5.82. The molecule has 1 fully saturated rings. The van der Waals surface area contributed by atoms with Gasteiger partial charge in [-0.3, -0.25) is 10.2 Å². The summed E-state index contributed by atoms with van der Waals surface area (Å²) in [6.07, 6.45) is 1.72. The molecule has 1 aromatic carbocycles. The van der Waals surface area contributed by atoms with Gasteiger partial charge in [0.25, 0.3) is 0 Å². The predicted molar refractivity (Wildman–Crippen MR) is 71.4 cm³/mol. The third-order valence-electron chi connectivity index (χ3n) is 3.37. The number of halogens is 1. The van der Waals surface area contributed by atoms with Gasteiger partial charge in [-0.1, -0.05) is 12.1 Å². The highest BCUT2D eigenvalue weighted by atomic mass is 19.1. The quantitative estimate of drug-likeness (QED) is 0.646. The van der Waals surface area contributed by atoms with Crippen LogP contribution < -0.4 is 5.32 Å². The number of rotatable bonds is 3. The lowest BCUT2D eigenvalue weighted by atomic mass is 10.2. The lowest BCUT2D eigenvalue weighted by Gasteiger charge is -2.24. The molecule has 102 valence electrons. The van der Waals surface area contributed by atoms with Crippen LogP contribution in [0.25, 0.3) is 0 Å². The molecule has 5 heteroatoms. The van der Waals surface area contributed by atoms with Crippen molar-refractivity contribution in [3.63, 3.8) is 0 Å². The molecule has 0 bridgehead atoms. The third kappa shape index (κ3) is 3.30. The van der Waals surface area contributed by atoms with Gasteiger partial charge in [-0.2, -0.15) is 0 Å². The van der Waals surface area contributed by atoms with Crippen LogP contribution in [0.4, 0.5) is 4.39 Å². The molecule has 1 amide bonds. The average molecular weight is 263 g/mol. The molecule has 4 nitrogen and oxygen atoms in total. The first-order valence-corrected chi connectivity index (χ1v) is 6.42. The second-order valence-electron chi connectivity index (χ2n) is 4.78. The molecule has 0 aliphatic carbocycles. The molecule has 0 radical (unpaired) electrons. The highest BCUT2D eigenvalue weighted by Gasteiger charge is 2.30. The first kappa shape index (κ1) is 13.5. The Bertz CT molecular complexity index is 472. The summed E-state index contributed by atoms with van der Waals surface area (Å²) in [5, 5.41) is 10.5. The average Bonchev–Trinajstić information content (AvgIpc) is 2.87. The fourth-order valence-corrected chi connectivity index (χ4v) is 2.35. The van der Waals surface area contributed by atoms with Gasteiger partial charge in [0, 0.05) is 13.1 Å². The summed E-state index contributed by atoms with van der Waals surface area (Å²) < 4.78 is 12.8. The number of benzene rings is 1. The molecule has 2 N–H and O–H groups in total. The van der Waals surface area contributed by atoms with Crippen LogP contribution in [0, 0.1) is 11.2 Å². The van der Waals surface area contributed by atoms with Crippen LogP contribution in [0.15, 0.2) is 24.3 Å². The van der Waals surface area contributed by atoms with E-state index in [0.717, 1.165) is 24.9 Å². The Hall–Kier alpha value is -1.91. The number of amides is 1. The van der Waals surface area contributed by atoms with Crippen LogP contribution >= 0.6 is 0 Å². The molecule has 1 saturated heterocycles. The molecule has 1 unspecified atom stereocenters. The minimum absolute atomic E-state index is 0.0616. The molecule has 1 heterocycles. The van der Waals surface area contributed by atoms with Crippen molar-refractivity contribution in [1.82, 2.24) is 10.2 Å². The lowest BCUT2D eigenvalue weighted by molar-refractivity contribution is -0.124. The van der Waals surface area contributed by atoms with Crippen LogP contribution in [0.2, 0.25) is 0 Å². The number of hydrogen-bond acceptors (Lipinski definition) is 2. The second-order valence-corrected chi connectivity index (χ2v) is 4.78. The van der Waals surface area contributed by atoms with E-state index in [4.69, 9.17) is 5.41 Å². The van der Waals surface area contributed by atoms with Gasteiger partial charge in [0.2, 0.25) is 5.91 Å². The van der Waals surface area contributed by atoms with Crippen molar-refractivity contribution in [3.05, 3.63) is 35.6 Å². The molecule has 1 aliphatic rings. The van der Waals surface area contributed by atoms with Gasteiger partial charge in [0.15, 0.2) is 0 Å². The zero-order valence-corrected chi connectivity index (χ0v) is 10.9. The molecule has 1 aliphatic heterocycles. The maximum absolute atomic E-state index is 12.8. The van der Waals surface area contributed by atoms with Gasteiger partial charge >= 0.3 is 0 Å². The molecular formula is C14H18FN3O. The fraction of sp³-hybridized carbons (Fsp3) is 0.429. The normalized spacial score (nSPS) is 18.4. The van der Waals surface area contributed by atoms with Crippen LogP contribution in [0.5, 0.6) is 0 Å². The van der Waals surface area contributed by atoms with E-state index in [0.29, 0.717) is 12.4 Å². The van der Waals surface area contributed by atoms with Gasteiger partial charge in [-0.05, 0) is 37.5 Å². The van der Waals surface area contributed by atoms with Crippen molar-refractivity contribution >= 4 is 11.7 Å². The molecule has 2 rings (SSSR count). The van der Waals surface area contributed by atoms with E-state index >= 15 is 0 Å². The SMILES string of the molecule is CC(=N)N1CCCC1C(=O)NCc1ccc(F)cc1. The van der Waals surface area contributed by atoms with Gasteiger partial charge in [0.05, 0.1) is 5.84 Å². The van der Waals surface area contributed by atoms with Gasteiger partial charge in [-0.25, -0.2) is 4.39 Å². The molecule has 0 saturated carbocycles. The number of amidine groups is 1. The predicted octanol–water partition coefficient (Wildman–Crippen LogP) is 1.90. The molecule has 19 heavy (non-hydrogen) atoms. The topological polar surface area (TPSA) is 56.2 Å². The number of nitrogens with zero attached hydrogens (tertiary/aromatic N) is 1. The van der Waals surface area contributed by atoms with E-state index in [9.17, 15) is 9.18 Å². The number of nitrogens with one attached hydrogen (secondary N) is 2. The summed E-state index contributed by atoms with van der Waals surface area (Å²) in [6, 6.07) is 5.84. The van der Waals surface area contributed by atoms with Crippen molar-refractivity contribution in [1.29, 1.82) is 5.41 Å². The van der Waals surface area contributed by atoms with Crippen LogP contribution in [-0.4, -0.2) is 29.2 Å². The van der Waals surface area contributed by atoms with Crippen molar-refractivity contribution in [2.24, 2.45) is 0 Å². The van der Waals surface area contributed by atoms with E-state index in [1.807, 2.05) is 4.90 Å². The highest BCUT2D eigenvalue weighted by Crippen LogP contribution is 2.17. The summed E-state index contributed by atoms with van der Waals surface area (Å²) in [4.78, 5) is 13.9. The maximum Gasteiger partial charge on any atom is 0.243 e. The van der Waals surface area contributed by atoms with Crippen LogP contribution in [0.1, 0.15) is 25.3 Å². The van der Waals surface area contributed by atoms with Crippen molar-refractivity contribution in [2.75, 3.05) is 6.54 Å². The standard InChI is InChI=1S/C14H18FN3O/c1-10(16)18-8-2-3-13(18)14(19)17-9-11-4-6-12(15)7-5-11/h4-7,13,16H,2-3,8-9H2,1H3,(H,17,19). The fourth-order valence-electron chi connectivity index (χ4n) is 2.35. The zero-order chi connectivity index (χ0) is 13.8. The Balaban J connectivity index is 1.90. The molecule has 0 spiro atoms. The Kier molecular flexibility index (Phi) is 4.14. The minimum atomic E-state index is -0.281. The summed E-state index contributed by atoms with van der Waals surface area (Å²) in [6.45, 7) is 2.86. The maximum atomic E-state index is 12.8. The van der Waals surface area contributed by atoms with Crippen molar-refractivity contribution < 1.29 is 9.18 Å². The van der Waals surface area contributed by atoms with Crippen molar-refractivity contribution in [2.45, 2.75) is 32.4 Å². The summed E-state index contributed by atoms with van der Waals surface area (Å²) >= 11 is 0. The van der Waals surface area contributed by atoms with Gasteiger partial charge in [-0.15, -0.1) is 0 Å². The summed E-state index contributed by atoms with van der Waals surface area (Å²) in [5.41, 5.74) is 0.867. The number of likely N-dealkylation sites (tertiary alicyclic amines) is 1. The number of hydrogen-bond donors (Lipinski definition) is 2. The third-order valence-corrected chi connectivity index (χ3v) is 3.37. The van der Waals surface area contributed by atoms with Gasteiger partial charge < -0.3 is 10.2 Å². The summed E-state index contributed by atoms with van der Waals surface area (Å²) in [7, 11) is 0. The molecule has 0 aromatic heterocycles. The van der Waals surface area contributed by atoms with E-state index in [1.165, 1.54) is 12.1 Å². The van der Waals surface area contributed by atoms with E-state index in [1.54, 1.807) is 19.1 Å². The van der Waals surface area contributed by atoms with E-state index in [2.05, 4.69) is 5.32 Å². The van der Waals surface area contributed by atoms with Crippen LogP contribution in [-0.2, 0) is 11.3 Å². The zero-order valence-electron chi connectivity index (χ0n) is 10.9. The smallest absolute Gasteiger partial charge is 0.243 e. The molecular weight excluding hydrogens is 245 g/mol. The number of carbonyl (C=O) groups is 1. The molecule has 1 atom stereocenters. The van der Waals surface area contributed by atoms with Gasteiger partial charge in [0.1, 0.15) is 11.9 Å². The minimum Gasteiger partial charge on any atom is -0.350 e. The molecule has 1 aromatic rings. The number of carbonyl (C=O) groups excluding carboxylic acids is 1. The van der Waals surface area contributed by atoms with E-state index < -0.39 is 0 Å². The Morgan fingerprint density at radius 3 is 2.79 bits per heavy atom.